The second-order valence-electron chi connectivity index (χ2n) is 4.75. The lowest BCUT2D eigenvalue weighted by molar-refractivity contribution is -0.384. The number of nitrogens with zero attached hydrogens (tertiary/aromatic N) is 3. The van der Waals surface area contributed by atoms with Gasteiger partial charge in [0, 0.05) is 17.8 Å². The van der Waals surface area contributed by atoms with Crippen LogP contribution in [0.2, 0.25) is 5.02 Å². The number of nitro groups is 1. The molecule has 2 aromatic carbocycles. The van der Waals surface area contributed by atoms with Gasteiger partial charge in [-0.05, 0) is 18.2 Å². The summed E-state index contributed by atoms with van der Waals surface area (Å²) >= 11 is 5.82. The van der Waals surface area contributed by atoms with Gasteiger partial charge in [-0.25, -0.2) is 4.68 Å². The first-order chi connectivity index (χ1) is 11.1. The number of halogens is 1. The molecule has 0 atom stereocenters. The summed E-state index contributed by atoms with van der Waals surface area (Å²) in [6, 6.07) is 13.6. The first-order valence-electron chi connectivity index (χ1n) is 6.64. The molecule has 0 saturated carbocycles. The molecule has 1 aromatic heterocycles. The van der Waals surface area contributed by atoms with Crippen molar-refractivity contribution in [2.24, 2.45) is 0 Å². The summed E-state index contributed by atoms with van der Waals surface area (Å²) in [5, 5.41) is 15.4. The molecule has 0 spiro atoms. The van der Waals surface area contributed by atoms with Crippen LogP contribution >= 0.6 is 11.6 Å². The van der Waals surface area contributed by atoms with Gasteiger partial charge >= 0.3 is 0 Å². The van der Waals surface area contributed by atoms with Gasteiger partial charge < -0.3 is 0 Å². The highest BCUT2D eigenvalue weighted by Gasteiger charge is 2.17. The van der Waals surface area contributed by atoms with Crippen molar-refractivity contribution in [3.05, 3.63) is 75.4 Å². The molecule has 0 fully saturated rings. The highest BCUT2D eigenvalue weighted by atomic mass is 35.5. The topological polar surface area (TPSA) is 78.0 Å². The fourth-order valence-corrected chi connectivity index (χ4v) is 2.40. The van der Waals surface area contributed by atoms with E-state index in [1.807, 2.05) is 30.3 Å². The van der Waals surface area contributed by atoms with E-state index in [1.165, 1.54) is 12.1 Å². The van der Waals surface area contributed by atoms with Gasteiger partial charge in [0.05, 0.1) is 16.2 Å². The lowest BCUT2D eigenvalue weighted by Gasteiger charge is -2.01. The highest BCUT2D eigenvalue weighted by molar-refractivity contribution is 6.32. The third-order valence-corrected chi connectivity index (χ3v) is 3.63. The van der Waals surface area contributed by atoms with Crippen molar-refractivity contribution >= 4 is 23.6 Å². The average molecular weight is 328 g/mol. The molecule has 0 unspecified atom stereocenters. The Balaban J connectivity index is 2.13. The predicted octanol–water partition coefficient (Wildman–Crippen LogP) is 3.91. The molecule has 114 valence electrons. The number of nitro benzene ring substituents is 1. The summed E-state index contributed by atoms with van der Waals surface area (Å²) < 4.78 is 1.56. The van der Waals surface area contributed by atoms with E-state index >= 15 is 0 Å². The van der Waals surface area contributed by atoms with E-state index in [0.717, 1.165) is 5.69 Å². The number of aromatic nitrogens is 2. The van der Waals surface area contributed by atoms with Crippen LogP contribution in [-0.2, 0) is 0 Å². The zero-order valence-electron chi connectivity index (χ0n) is 11.7. The maximum atomic E-state index is 11.3. The van der Waals surface area contributed by atoms with Gasteiger partial charge in [0.25, 0.3) is 5.69 Å². The Bertz CT molecular complexity index is 891. The van der Waals surface area contributed by atoms with Gasteiger partial charge in [0.15, 0.2) is 6.29 Å². The van der Waals surface area contributed by atoms with Crippen molar-refractivity contribution in [3.8, 4) is 16.9 Å². The fraction of sp³-hybridized carbons (Fsp3) is 0. The van der Waals surface area contributed by atoms with Crippen molar-refractivity contribution in [1.82, 2.24) is 9.78 Å². The molecule has 0 radical (unpaired) electrons. The monoisotopic (exact) mass is 327 g/mol. The molecule has 1 heterocycles. The third kappa shape index (κ3) is 2.84. The quantitative estimate of drug-likeness (QED) is 0.413. The maximum absolute atomic E-state index is 11.3. The van der Waals surface area contributed by atoms with E-state index in [1.54, 1.807) is 16.9 Å². The predicted molar refractivity (Wildman–Crippen MR) is 86.1 cm³/mol. The second-order valence-corrected chi connectivity index (χ2v) is 5.16. The molecule has 3 rings (SSSR count). The number of aldehydes is 1. The Kier molecular flexibility index (Phi) is 3.91. The Hall–Kier alpha value is -2.99. The van der Waals surface area contributed by atoms with Gasteiger partial charge in [0.2, 0.25) is 0 Å². The molecular weight excluding hydrogens is 318 g/mol. The molecule has 3 aromatic rings. The number of hydrogen-bond donors (Lipinski definition) is 0. The Labute approximate surface area is 136 Å². The van der Waals surface area contributed by atoms with Crippen molar-refractivity contribution in [1.29, 1.82) is 0 Å². The molecule has 0 aliphatic heterocycles. The molecule has 0 amide bonds. The van der Waals surface area contributed by atoms with Crippen LogP contribution < -0.4 is 0 Å². The van der Waals surface area contributed by atoms with Crippen LogP contribution in [-0.4, -0.2) is 21.0 Å². The minimum atomic E-state index is -0.569. The van der Waals surface area contributed by atoms with Crippen molar-refractivity contribution in [2.75, 3.05) is 0 Å². The largest absolute Gasteiger partial charge is 0.298 e. The summed E-state index contributed by atoms with van der Waals surface area (Å²) in [5.74, 6) is 0. The van der Waals surface area contributed by atoms with E-state index in [4.69, 9.17) is 11.6 Å². The Morgan fingerprint density at radius 1 is 1.17 bits per heavy atom. The molecule has 0 aliphatic rings. The number of para-hydroxylation sites is 1. The van der Waals surface area contributed by atoms with Gasteiger partial charge in [-0.2, -0.15) is 5.10 Å². The SMILES string of the molecule is O=Cc1cn(-c2ccccc2)nc1-c1ccc(Cl)c([N+](=O)[O-])c1. The smallest absolute Gasteiger partial charge is 0.288 e. The van der Waals surface area contributed by atoms with Crippen LogP contribution in [0.4, 0.5) is 5.69 Å². The fourth-order valence-electron chi connectivity index (χ4n) is 2.21. The van der Waals surface area contributed by atoms with Crippen molar-refractivity contribution in [3.63, 3.8) is 0 Å². The van der Waals surface area contributed by atoms with E-state index in [9.17, 15) is 14.9 Å². The molecule has 7 heteroatoms. The molecule has 0 N–H and O–H groups in total. The van der Waals surface area contributed by atoms with E-state index in [2.05, 4.69) is 5.10 Å². The summed E-state index contributed by atoms with van der Waals surface area (Å²) in [6.45, 7) is 0. The summed E-state index contributed by atoms with van der Waals surface area (Å²) in [4.78, 5) is 21.8. The van der Waals surface area contributed by atoms with Crippen LogP contribution in [0.5, 0.6) is 0 Å². The molecule has 0 saturated heterocycles. The lowest BCUT2D eigenvalue weighted by Crippen LogP contribution is -1.94. The second kappa shape index (κ2) is 6.02. The number of rotatable bonds is 4. The molecule has 0 aliphatic carbocycles. The van der Waals surface area contributed by atoms with Crippen molar-refractivity contribution < 1.29 is 9.72 Å². The first kappa shape index (κ1) is 14.9. The van der Waals surface area contributed by atoms with E-state index in [0.29, 0.717) is 23.1 Å². The van der Waals surface area contributed by atoms with Gasteiger partial charge in [-0.15, -0.1) is 0 Å². The van der Waals surface area contributed by atoms with Gasteiger partial charge in [0.1, 0.15) is 10.7 Å². The molecule has 23 heavy (non-hydrogen) atoms. The van der Waals surface area contributed by atoms with Crippen LogP contribution in [0.1, 0.15) is 10.4 Å². The minimum absolute atomic E-state index is 0.0360. The average Bonchev–Trinajstić information content (AvgIpc) is 3.00. The van der Waals surface area contributed by atoms with Crippen molar-refractivity contribution in [2.45, 2.75) is 0 Å². The van der Waals surface area contributed by atoms with E-state index in [-0.39, 0.29) is 10.7 Å². The zero-order chi connectivity index (χ0) is 16.4. The van der Waals surface area contributed by atoms with Crippen LogP contribution in [0, 0.1) is 10.1 Å². The van der Waals surface area contributed by atoms with Crippen LogP contribution in [0.25, 0.3) is 16.9 Å². The minimum Gasteiger partial charge on any atom is -0.298 e. The normalized spacial score (nSPS) is 10.5. The van der Waals surface area contributed by atoms with Crippen LogP contribution in [0.3, 0.4) is 0 Å². The number of benzene rings is 2. The molecule has 0 bridgehead atoms. The standard InChI is InChI=1S/C16H10ClN3O3/c17-14-7-6-11(8-15(14)20(22)23)16-12(10-21)9-19(18-16)13-4-2-1-3-5-13/h1-10H. The summed E-state index contributed by atoms with van der Waals surface area (Å²) in [7, 11) is 0. The molecule has 6 nitrogen and oxygen atoms in total. The number of hydrogen-bond acceptors (Lipinski definition) is 4. The lowest BCUT2D eigenvalue weighted by atomic mass is 10.1. The number of carbonyl (C=O) groups is 1. The maximum Gasteiger partial charge on any atom is 0.288 e. The Morgan fingerprint density at radius 3 is 2.57 bits per heavy atom. The van der Waals surface area contributed by atoms with Crippen LogP contribution in [0.15, 0.2) is 54.7 Å². The third-order valence-electron chi connectivity index (χ3n) is 3.31. The zero-order valence-corrected chi connectivity index (χ0v) is 12.5. The highest BCUT2D eigenvalue weighted by Crippen LogP contribution is 2.31. The molecular formula is C16H10ClN3O3. The summed E-state index contributed by atoms with van der Waals surface area (Å²) in [6.07, 6.45) is 2.25. The van der Waals surface area contributed by atoms with Gasteiger partial charge in [-0.1, -0.05) is 35.9 Å². The Morgan fingerprint density at radius 2 is 1.91 bits per heavy atom. The van der Waals surface area contributed by atoms with E-state index < -0.39 is 4.92 Å². The summed E-state index contributed by atoms with van der Waals surface area (Å²) in [5.41, 5.74) is 1.72. The first-order valence-corrected chi connectivity index (χ1v) is 7.02. The van der Waals surface area contributed by atoms with Gasteiger partial charge in [-0.3, -0.25) is 14.9 Å². The number of carbonyl (C=O) groups excluding carboxylic acids is 1.